The number of nitrogens with one attached hydrogen (secondary N) is 1. The third-order valence-corrected chi connectivity index (χ3v) is 4.71. The van der Waals surface area contributed by atoms with Gasteiger partial charge in [0.2, 0.25) is 5.91 Å². The number of thiazole rings is 1. The second-order valence-electron chi connectivity index (χ2n) is 6.46. The van der Waals surface area contributed by atoms with Gasteiger partial charge in [-0.15, -0.1) is 11.3 Å². The summed E-state index contributed by atoms with van der Waals surface area (Å²) in [5.74, 6) is 0.153. The molecule has 0 aliphatic rings. The van der Waals surface area contributed by atoms with Crippen molar-refractivity contribution in [1.82, 2.24) is 14.8 Å². The average Bonchev–Trinajstić information content (AvgIpc) is 3.04. The molecule has 0 radical (unpaired) electrons. The second-order valence-corrected chi connectivity index (χ2v) is 7.32. The smallest absolute Gasteiger partial charge is 0.254 e. The van der Waals surface area contributed by atoms with Crippen molar-refractivity contribution in [3.05, 3.63) is 40.9 Å². The van der Waals surface area contributed by atoms with Crippen LogP contribution in [-0.4, -0.2) is 67.4 Å². The topological polar surface area (TPSA) is 74.8 Å². The predicted octanol–water partition coefficient (Wildman–Crippen LogP) is 2.49. The first-order valence-corrected chi connectivity index (χ1v) is 9.57. The first kappa shape index (κ1) is 20.9. The molecule has 2 aromatic rings. The molecule has 2 rings (SSSR count). The lowest BCUT2D eigenvalue weighted by atomic mass is 10.1. The van der Waals surface area contributed by atoms with Crippen LogP contribution in [0.25, 0.3) is 0 Å². The van der Waals surface area contributed by atoms with Gasteiger partial charge in [-0.05, 0) is 52.2 Å². The zero-order chi connectivity index (χ0) is 19.8. The molecule has 27 heavy (non-hydrogen) atoms. The van der Waals surface area contributed by atoms with Crippen molar-refractivity contribution in [2.75, 3.05) is 46.2 Å². The van der Waals surface area contributed by atoms with E-state index in [1.807, 2.05) is 31.3 Å². The molecule has 0 unspecified atom stereocenters. The third kappa shape index (κ3) is 6.65. The Hall–Kier alpha value is -2.45. The summed E-state index contributed by atoms with van der Waals surface area (Å²) < 4.78 is 5.20. The maximum absolute atomic E-state index is 12.9. The third-order valence-electron chi connectivity index (χ3n) is 3.84. The summed E-state index contributed by atoms with van der Waals surface area (Å²) >= 11 is 1.37. The van der Waals surface area contributed by atoms with Crippen LogP contribution in [0, 0.1) is 6.92 Å². The van der Waals surface area contributed by atoms with E-state index in [-0.39, 0.29) is 18.4 Å². The molecule has 7 nitrogen and oxygen atoms in total. The zero-order valence-corrected chi connectivity index (χ0v) is 17.0. The number of aromatic nitrogens is 1. The zero-order valence-electron chi connectivity index (χ0n) is 16.2. The Labute approximate surface area is 164 Å². The van der Waals surface area contributed by atoms with E-state index in [4.69, 9.17) is 4.74 Å². The number of amides is 2. The highest BCUT2D eigenvalue weighted by Gasteiger charge is 2.20. The SMILES string of the molecule is COc1cccc(C(=O)N(CCCN(C)C)CC(=O)Nc2nc(C)cs2)c1. The highest BCUT2D eigenvalue weighted by Crippen LogP contribution is 2.16. The van der Waals surface area contributed by atoms with Crippen molar-refractivity contribution in [1.29, 1.82) is 0 Å². The molecular formula is C19H26N4O3S. The molecule has 1 heterocycles. The van der Waals surface area contributed by atoms with Crippen LogP contribution in [0.15, 0.2) is 29.6 Å². The summed E-state index contributed by atoms with van der Waals surface area (Å²) in [5.41, 5.74) is 1.35. The number of ether oxygens (including phenoxy) is 1. The molecule has 1 N–H and O–H groups in total. The number of aryl methyl sites for hydroxylation is 1. The van der Waals surface area contributed by atoms with Gasteiger partial charge in [-0.25, -0.2) is 4.98 Å². The number of hydrogen-bond donors (Lipinski definition) is 1. The van der Waals surface area contributed by atoms with Crippen LogP contribution in [0.2, 0.25) is 0 Å². The summed E-state index contributed by atoms with van der Waals surface area (Å²) in [6, 6.07) is 6.96. The van der Waals surface area contributed by atoms with Crippen LogP contribution in [0.3, 0.4) is 0 Å². The van der Waals surface area contributed by atoms with Crippen LogP contribution in [0.4, 0.5) is 5.13 Å². The Kier molecular flexibility index (Phi) is 7.75. The molecule has 0 saturated carbocycles. The fraction of sp³-hybridized carbons (Fsp3) is 0.421. The van der Waals surface area contributed by atoms with E-state index in [2.05, 4.69) is 10.3 Å². The van der Waals surface area contributed by atoms with Crippen molar-refractivity contribution >= 4 is 28.3 Å². The minimum Gasteiger partial charge on any atom is -0.497 e. The molecule has 0 aliphatic heterocycles. The van der Waals surface area contributed by atoms with Gasteiger partial charge in [-0.1, -0.05) is 6.07 Å². The summed E-state index contributed by atoms with van der Waals surface area (Å²) in [6.07, 6.45) is 0.770. The predicted molar refractivity (Wildman–Crippen MR) is 108 cm³/mol. The van der Waals surface area contributed by atoms with Crippen LogP contribution >= 0.6 is 11.3 Å². The van der Waals surface area contributed by atoms with Gasteiger partial charge in [0, 0.05) is 17.5 Å². The Bertz CT molecular complexity index is 776. The van der Waals surface area contributed by atoms with Crippen molar-refractivity contribution in [3.8, 4) is 5.75 Å². The van der Waals surface area contributed by atoms with Gasteiger partial charge >= 0.3 is 0 Å². The molecule has 0 spiro atoms. The van der Waals surface area contributed by atoms with E-state index < -0.39 is 0 Å². The maximum atomic E-state index is 12.9. The van der Waals surface area contributed by atoms with Crippen LogP contribution in [0.5, 0.6) is 5.75 Å². The van der Waals surface area contributed by atoms with Gasteiger partial charge in [0.05, 0.1) is 12.8 Å². The van der Waals surface area contributed by atoms with Gasteiger partial charge in [0.15, 0.2) is 5.13 Å². The minimum atomic E-state index is -0.259. The van der Waals surface area contributed by atoms with Crippen LogP contribution < -0.4 is 10.1 Å². The molecule has 0 fully saturated rings. The first-order chi connectivity index (χ1) is 12.9. The number of hydrogen-bond acceptors (Lipinski definition) is 6. The summed E-state index contributed by atoms with van der Waals surface area (Å²) in [5, 5.41) is 5.17. The summed E-state index contributed by atoms with van der Waals surface area (Å²) in [6.45, 7) is 3.15. The average molecular weight is 391 g/mol. The lowest BCUT2D eigenvalue weighted by Gasteiger charge is -2.23. The first-order valence-electron chi connectivity index (χ1n) is 8.69. The highest BCUT2D eigenvalue weighted by atomic mass is 32.1. The van der Waals surface area contributed by atoms with Crippen molar-refractivity contribution in [3.63, 3.8) is 0 Å². The van der Waals surface area contributed by atoms with Crippen LogP contribution in [-0.2, 0) is 4.79 Å². The van der Waals surface area contributed by atoms with Crippen molar-refractivity contribution < 1.29 is 14.3 Å². The molecule has 0 atom stereocenters. The second kappa shape index (κ2) is 10.0. The largest absolute Gasteiger partial charge is 0.497 e. The van der Waals surface area contributed by atoms with Gasteiger partial charge < -0.3 is 19.9 Å². The van der Waals surface area contributed by atoms with Gasteiger partial charge in [0.25, 0.3) is 5.91 Å². The van der Waals surface area contributed by atoms with E-state index in [9.17, 15) is 9.59 Å². The van der Waals surface area contributed by atoms with E-state index in [1.54, 1.807) is 36.3 Å². The number of carbonyl (C=O) groups is 2. The van der Waals surface area contributed by atoms with Crippen molar-refractivity contribution in [2.45, 2.75) is 13.3 Å². The lowest BCUT2D eigenvalue weighted by molar-refractivity contribution is -0.116. The number of nitrogens with zero attached hydrogens (tertiary/aromatic N) is 3. The minimum absolute atomic E-state index is 0.0257. The Morgan fingerprint density at radius 3 is 2.67 bits per heavy atom. The highest BCUT2D eigenvalue weighted by molar-refractivity contribution is 7.13. The summed E-state index contributed by atoms with van der Waals surface area (Å²) in [7, 11) is 5.51. The number of benzene rings is 1. The van der Waals surface area contributed by atoms with E-state index in [0.717, 1.165) is 18.7 Å². The standard InChI is InChI=1S/C19H26N4O3S/c1-14-13-27-19(20-14)21-17(24)12-23(10-6-9-22(2)3)18(25)15-7-5-8-16(11-15)26-4/h5,7-8,11,13H,6,9-10,12H2,1-4H3,(H,20,21,24). The molecule has 0 bridgehead atoms. The molecule has 1 aromatic heterocycles. The molecule has 2 amide bonds. The molecule has 0 aliphatic carbocycles. The maximum Gasteiger partial charge on any atom is 0.254 e. The van der Waals surface area contributed by atoms with Crippen molar-refractivity contribution in [2.24, 2.45) is 0 Å². The van der Waals surface area contributed by atoms with E-state index in [1.165, 1.54) is 11.3 Å². The quantitative estimate of drug-likeness (QED) is 0.712. The summed E-state index contributed by atoms with van der Waals surface area (Å²) in [4.78, 5) is 33.2. The lowest BCUT2D eigenvalue weighted by Crippen LogP contribution is -2.39. The van der Waals surface area contributed by atoms with Crippen LogP contribution in [0.1, 0.15) is 22.5 Å². The normalized spacial score (nSPS) is 10.7. The van der Waals surface area contributed by atoms with E-state index in [0.29, 0.717) is 23.0 Å². The number of rotatable bonds is 9. The Morgan fingerprint density at radius 2 is 2.04 bits per heavy atom. The molecular weight excluding hydrogens is 364 g/mol. The molecule has 146 valence electrons. The number of anilines is 1. The fourth-order valence-electron chi connectivity index (χ4n) is 2.51. The Balaban J connectivity index is 2.08. The monoisotopic (exact) mass is 390 g/mol. The molecule has 0 saturated heterocycles. The molecule has 8 heteroatoms. The fourth-order valence-corrected chi connectivity index (χ4v) is 3.22. The Morgan fingerprint density at radius 1 is 1.26 bits per heavy atom. The van der Waals surface area contributed by atoms with E-state index >= 15 is 0 Å². The number of carbonyl (C=O) groups excluding carboxylic acids is 2. The molecule has 1 aromatic carbocycles. The van der Waals surface area contributed by atoms with Gasteiger partial charge in [-0.2, -0.15) is 0 Å². The number of methoxy groups -OCH3 is 1. The van der Waals surface area contributed by atoms with Gasteiger partial charge in [0.1, 0.15) is 12.3 Å². The van der Waals surface area contributed by atoms with Gasteiger partial charge in [-0.3, -0.25) is 9.59 Å².